The van der Waals surface area contributed by atoms with Crippen LogP contribution in [0, 0.1) is 5.92 Å². The van der Waals surface area contributed by atoms with Crippen LogP contribution < -0.4 is 10.5 Å². The first-order valence-electron chi connectivity index (χ1n) is 16.4. The Morgan fingerprint density at radius 3 is 2.56 bits per heavy atom. The van der Waals surface area contributed by atoms with Crippen LogP contribution in [0.4, 0.5) is 5.69 Å². The summed E-state index contributed by atoms with van der Waals surface area (Å²) in [7, 11) is -3.06. The number of benzene rings is 3. The van der Waals surface area contributed by atoms with Gasteiger partial charge in [0.15, 0.2) is 13.9 Å². The summed E-state index contributed by atoms with van der Waals surface area (Å²) in [5.41, 5.74) is 1.53. The second kappa shape index (κ2) is 11.9. The maximum atomic E-state index is 14.6. The largest absolute Gasteiger partial charge is 0.432 e. The van der Waals surface area contributed by atoms with Crippen molar-refractivity contribution < 1.29 is 24.2 Å². The fraction of sp³-hybridized carbons (Fsp3) is 0.351. The number of carbonyl (C=O) groups excluding carboxylic acids is 2. The SMILES string of the molecule is C=CCN1C(=O)[C@]2(O[C@H](CC(=O)N3Cc4ccccc4C[C@H]3CO)[C@@H]([Si](C)(C)O)[C@@H]2C)c2cc(-n3ncc4ccccc4c3=O)ccc21. The number of carbonyl (C=O) groups is 2. The van der Waals surface area contributed by atoms with Crippen LogP contribution in [0.3, 0.4) is 0 Å². The summed E-state index contributed by atoms with van der Waals surface area (Å²) < 4.78 is 8.22. The molecule has 48 heavy (non-hydrogen) atoms. The van der Waals surface area contributed by atoms with E-state index in [-0.39, 0.29) is 43.0 Å². The lowest BCUT2D eigenvalue weighted by Crippen LogP contribution is -2.48. The Balaban J connectivity index is 1.30. The third kappa shape index (κ3) is 4.95. The van der Waals surface area contributed by atoms with E-state index in [4.69, 9.17) is 4.74 Å². The molecule has 4 aromatic rings. The minimum atomic E-state index is -3.06. The molecule has 1 fully saturated rings. The minimum Gasteiger partial charge on any atom is -0.432 e. The molecule has 7 rings (SSSR count). The molecule has 10 nitrogen and oxygen atoms in total. The molecule has 0 unspecified atom stereocenters. The monoisotopic (exact) mass is 664 g/mol. The van der Waals surface area contributed by atoms with E-state index in [1.807, 2.05) is 56.4 Å². The first-order chi connectivity index (χ1) is 23.0. The Bertz CT molecular complexity index is 2010. The van der Waals surface area contributed by atoms with Gasteiger partial charge < -0.3 is 24.4 Å². The van der Waals surface area contributed by atoms with E-state index >= 15 is 0 Å². The molecule has 1 spiro atoms. The number of hydrogen-bond acceptors (Lipinski definition) is 7. The molecule has 2 amide bonds. The highest BCUT2D eigenvalue weighted by molar-refractivity contribution is 6.71. The van der Waals surface area contributed by atoms with E-state index in [1.165, 1.54) is 4.68 Å². The van der Waals surface area contributed by atoms with Crippen molar-refractivity contribution in [1.82, 2.24) is 14.7 Å². The van der Waals surface area contributed by atoms with Gasteiger partial charge in [0.1, 0.15) is 0 Å². The van der Waals surface area contributed by atoms with E-state index in [1.54, 1.807) is 52.4 Å². The lowest BCUT2D eigenvalue weighted by atomic mass is 9.82. The molecule has 4 heterocycles. The van der Waals surface area contributed by atoms with Crippen LogP contribution in [0.5, 0.6) is 0 Å². The summed E-state index contributed by atoms with van der Waals surface area (Å²) in [4.78, 5) is 57.3. The van der Waals surface area contributed by atoms with Gasteiger partial charge in [-0.3, -0.25) is 14.4 Å². The average Bonchev–Trinajstić information content (AvgIpc) is 3.50. The van der Waals surface area contributed by atoms with Crippen LogP contribution in [-0.2, 0) is 32.9 Å². The van der Waals surface area contributed by atoms with Crippen molar-refractivity contribution in [2.75, 3.05) is 18.1 Å². The summed E-state index contributed by atoms with van der Waals surface area (Å²) in [5, 5.41) is 16.0. The number of aliphatic hydroxyl groups excluding tert-OH is 1. The number of fused-ring (bicyclic) bond motifs is 4. The summed E-state index contributed by atoms with van der Waals surface area (Å²) in [5.74, 6) is -0.996. The van der Waals surface area contributed by atoms with E-state index in [2.05, 4.69) is 11.7 Å². The smallest absolute Gasteiger partial charge is 0.279 e. The molecule has 0 radical (unpaired) electrons. The zero-order valence-corrected chi connectivity index (χ0v) is 28.4. The third-order valence-electron chi connectivity index (χ3n) is 10.5. The maximum absolute atomic E-state index is 14.6. The van der Waals surface area contributed by atoms with Crippen LogP contribution in [0.15, 0.2) is 90.4 Å². The highest BCUT2D eigenvalue weighted by Gasteiger charge is 2.66. The van der Waals surface area contributed by atoms with Gasteiger partial charge in [0, 0.05) is 35.5 Å². The summed E-state index contributed by atoms with van der Waals surface area (Å²) in [6.07, 6.45) is 3.01. The fourth-order valence-corrected chi connectivity index (χ4v) is 10.9. The van der Waals surface area contributed by atoms with Gasteiger partial charge >= 0.3 is 0 Å². The van der Waals surface area contributed by atoms with E-state index in [0.717, 1.165) is 16.5 Å². The normalized spacial score (nSPS) is 25.1. The van der Waals surface area contributed by atoms with Gasteiger partial charge in [-0.25, -0.2) is 0 Å². The number of hydrogen-bond donors (Lipinski definition) is 2. The van der Waals surface area contributed by atoms with Gasteiger partial charge in [0.25, 0.3) is 11.5 Å². The quantitative estimate of drug-likeness (QED) is 0.226. The van der Waals surface area contributed by atoms with Crippen molar-refractivity contribution in [3.05, 3.63) is 113 Å². The van der Waals surface area contributed by atoms with Gasteiger partial charge in [-0.15, -0.1) is 6.58 Å². The Kier molecular flexibility index (Phi) is 7.98. The zero-order chi connectivity index (χ0) is 34.0. The van der Waals surface area contributed by atoms with Gasteiger partial charge in [0.2, 0.25) is 5.91 Å². The lowest BCUT2D eigenvalue weighted by molar-refractivity contribution is -0.150. The molecule has 11 heteroatoms. The fourth-order valence-electron chi connectivity index (χ4n) is 8.31. The zero-order valence-electron chi connectivity index (χ0n) is 27.4. The number of nitrogens with zero attached hydrogens (tertiary/aromatic N) is 4. The van der Waals surface area contributed by atoms with Crippen LogP contribution in [0.2, 0.25) is 18.6 Å². The van der Waals surface area contributed by atoms with Gasteiger partial charge in [-0.05, 0) is 54.9 Å². The van der Waals surface area contributed by atoms with Crippen LogP contribution in [-0.4, -0.2) is 70.0 Å². The first kappa shape index (κ1) is 32.1. The number of aromatic nitrogens is 2. The third-order valence-corrected chi connectivity index (χ3v) is 13.0. The molecular formula is C37H40N4O6Si. The number of aliphatic hydroxyl groups is 1. The maximum Gasteiger partial charge on any atom is 0.279 e. The Morgan fingerprint density at radius 2 is 1.83 bits per heavy atom. The molecule has 1 saturated heterocycles. The molecule has 248 valence electrons. The summed E-state index contributed by atoms with van der Waals surface area (Å²) in [6, 6.07) is 20.1. The standard InChI is InChI=1S/C37H40N4O6Si/c1-5-16-39-31-15-14-27(41-35(44)29-13-9-8-11-25(29)20-38-41)18-30(31)37(36(39)45)23(2)34(48(3,4)46)32(47-37)19-33(43)40-21-26-12-7-6-10-24(26)17-28(40)22-42/h5-15,18,20,23,28,32,34,42,46H,1,16-17,19,21-22H2,2-4H3/t23-,28-,32+,34-,37+/m0/s1. The number of ether oxygens (including phenoxy) is 1. The van der Waals surface area contributed by atoms with Gasteiger partial charge in [0.05, 0.1) is 48.1 Å². The Morgan fingerprint density at radius 1 is 1.10 bits per heavy atom. The molecular weight excluding hydrogens is 625 g/mol. The first-order valence-corrected chi connectivity index (χ1v) is 19.4. The van der Waals surface area contributed by atoms with Crippen LogP contribution >= 0.6 is 0 Å². The second-order valence-corrected chi connectivity index (χ2v) is 17.7. The molecule has 3 aliphatic heterocycles. The highest BCUT2D eigenvalue weighted by atomic mass is 28.4. The van der Waals surface area contributed by atoms with Crippen molar-refractivity contribution >= 4 is 36.6 Å². The molecule has 0 bridgehead atoms. The van der Waals surface area contributed by atoms with Crippen LogP contribution in [0.1, 0.15) is 30.0 Å². The molecule has 2 N–H and O–H groups in total. The van der Waals surface area contributed by atoms with E-state index < -0.39 is 31.5 Å². The lowest BCUT2D eigenvalue weighted by Gasteiger charge is -2.37. The molecule has 3 aromatic carbocycles. The topological polar surface area (TPSA) is 125 Å². The molecule has 5 atom stereocenters. The van der Waals surface area contributed by atoms with Crippen molar-refractivity contribution in [3.63, 3.8) is 0 Å². The summed E-state index contributed by atoms with van der Waals surface area (Å²) >= 11 is 0. The van der Waals surface area contributed by atoms with Crippen molar-refractivity contribution in [3.8, 4) is 5.69 Å². The number of rotatable bonds is 7. The van der Waals surface area contributed by atoms with Crippen molar-refractivity contribution in [2.45, 2.75) is 62.7 Å². The van der Waals surface area contributed by atoms with Gasteiger partial charge in [-0.1, -0.05) is 55.5 Å². The van der Waals surface area contributed by atoms with E-state index in [9.17, 15) is 24.3 Å². The van der Waals surface area contributed by atoms with Crippen molar-refractivity contribution in [2.24, 2.45) is 5.92 Å². The minimum absolute atomic E-state index is 0.0537. The Hall–Kier alpha value is -4.42. The predicted octanol–water partition coefficient (Wildman–Crippen LogP) is 4.05. The molecule has 1 aromatic heterocycles. The van der Waals surface area contributed by atoms with Crippen LogP contribution in [0.25, 0.3) is 16.5 Å². The van der Waals surface area contributed by atoms with Crippen molar-refractivity contribution in [1.29, 1.82) is 0 Å². The number of amides is 2. The van der Waals surface area contributed by atoms with Gasteiger partial charge in [-0.2, -0.15) is 9.78 Å². The predicted molar refractivity (Wildman–Crippen MR) is 185 cm³/mol. The average molecular weight is 665 g/mol. The second-order valence-electron chi connectivity index (χ2n) is 13.7. The molecule has 3 aliphatic rings. The van der Waals surface area contributed by atoms with E-state index in [0.29, 0.717) is 35.3 Å². The summed E-state index contributed by atoms with van der Waals surface area (Å²) in [6.45, 7) is 9.84. The molecule has 0 aliphatic carbocycles. The molecule has 0 saturated carbocycles. The Labute approximate surface area is 280 Å². The highest BCUT2D eigenvalue weighted by Crippen LogP contribution is 2.60. The number of anilines is 1.